The first kappa shape index (κ1) is 14.6. The lowest BCUT2D eigenvalue weighted by molar-refractivity contribution is 0.0951. The van der Waals surface area contributed by atoms with Gasteiger partial charge >= 0.3 is 0 Å². The zero-order valence-corrected chi connectivity index (χ0v) is 13.8. The molecule has 1 aromatic carbocycles. The summed E-state index contributed by atoms with van der Waals surface area (Å²) in [6.45, 7) is 3.13. The maximum absolute atomic E-state index is 4.48. The Kier molecular flexibility index (Phi) is 4.00. The fourth-order valence-corrected chi connectivity index (χ4v) is 4.03. The number of benzene rings is 1. The number of pyridine rings is 1. The van der Waals surface area contributed by atoms with Crippen LogP contribution in [0.25, 0.3) is 5.57 Å². The van der Waals surface area contributed by atoms with Gasteiger partial charge < -0.3 is 0 Å². The molecule has 3 heterocycles. The molecule has 0 amide bonds. The van der Waals surface area contributed by atoms with E-state index in [2.05, 4.69) is 65.3 Å². The van der Waals surface area contributed by atoms with E-state index < -0.39 is 0 Å². The van der Waals surface area contributed by atoms with Gasteiger partial charge in [-0.05, 0) is 49.0 Å². The number of hydrogen-bond acceptors (Lipinski definition) is 2. The Labute approximate surface area is 138 Å². The van der Waals surface area contributed by atoms with Crippen LogP contribution in [0.3, 0.4) is 0 Å². The van der Waals surface area contributed by atoms with Crippen molar-refractivity contribution in [3.8, 4) is 0 Å². The molecule has 0 spiro atoms. The summed E-state index contributed by atoms with van der Waals surface area (Å²) in [6, 6.07) is 16.5. The van der Waals surface area contributed by atoms with Gasteiger partial charge in [0.05, 0.1) is 0 Å². The van der Waals surface area contributed by atoms with Gasteiger partial charge in [-0.2, -0.15) is 0 Å². The number of piperidine rings is 1. The summed E-state index contributed by atoms with van der Waals surface area (Å²) in [5, 5.41) is 0. The molecule has 1 saturated heterocycles. The molecular formula is C21H24N2. The smallest absolute Gasteiger partial charge is 0.0373 e. The molecule has 2 aliphatic rings. The van der Waals surface area contributed by atoms with Crippen molar-refractivity contribution >= 4 is 5.57 Å². The Hall–Kier alpha value is -1.93. The van der Waals surface area contributed by atoms with E-state index >= 15 is 0 Å². The molecule has 2 atom stereocenters. The minimum atomic E-state index is 0.582. The van der Waals surface area contributed by atoms with E-state index in [0.717, 1.165) is 18.7 Å². The highest BCUT2D eigenvalue weighted by Crippen LogP contribution is 2.37. The number of aryl methyl sites for hydroxylation is 1. The highest BCUT2D eigenvalue weighted by atomic mass is 15.2. The van der Waals surface area contributed by atoms with Crippen molar-refractivity contribution in [2.75, 3.05) is 0 Å². The van der Waals surface area contributed by atoms with E-state index in [1.54, 1.807) is 0 Å². The fourth-order valence-electron chi connectivity index (χ4n) is 4.03. The number of hydrogen-bond donors (Lipinski definition) is 0. The molecule has 1 fully saturated rings. The van der Waals surface area contributed by atoms with Crippen molar-refractivity contribution in [3.05, 3.63) is 71.6 Å². The number of aromatic nitrogens is 1. The molecule has 23 heavy (non-hydrogen) atoms. The summed E-state index contributed by atoms with van der Waals surface area (Å²) in [4.78, 5) is 7.19. The molecule has 0 N–H and O–H groups in total. The van der Waals surface area contributed by atoms with Crippen LogP contribution < -0.4 is 0 Å². The highest BCUT2D eigenvalue weighted by molar-refractivity contribution is 5.67. The van der Waals surface area contributed by atoms with E-state index in [1.165, 1.54) is 36.0 Å². The van der Waals surface area contributed by atoms with Crippen LogP contribution >= 0.6 is 0 Å². The second kappa shape index (κ2) is 6.29. The van der Waals surface area contributed by atoms with E-state index in [0.29, 0.717) is 12.1 Å². The average molecular weight is 304 g/mol. The minimum Gasteiger partial charge on any atom is -0.289 e. The van der Waals surface area contributed by atoms with Gasteiger partial charge in [-0.15, -0.1) is 0 Å². The minimum absolute atomic E-state index is 0.582. The Bertz CT molecular complexity index is 688. The summed E-state index contributed by atoms with van der Waals surface area (Å²) in [5.41, 5.74) is 5.33. The van der Waals surface area contributed by atoms with Gasteiger partial charge in [0.15, 0.2) is 0 Å². The van der Waals surface area contributed by atoms with Gasteiger partial charge in [0.25, 0.3) is 0 Å². The van der Waals surface area contributed by atoms with Crippen molar-refractivity contribution in [2.45, 2.75) is 51.2 Å². The van der Waals surface area contributed by atoms with Gasteiger partial charge in [-0.3, -0.25) is 9.88 Å². The molecule has 0 saturated carbocycles. The van der Waals surface area contributed by atoms with Gasteiger partial charge in [-0.25, -0.2) is 0 Å². The largest absolute Gasteiger partial charge is 0.289 e. The quantitative estimate of drug-likeness (QED) is 0.824. The lowest BCUT2D eigenvalue weighted by Gasteiger charge is -2.45. The summed E-state index contributed by atoms with van der Waals surface area (Å²) in [6.07, 6.45) is 9.67. The second-order valence-corrected chi connectivity index (χ2v) is 6.89. The van der Waals surface area contributed by atoms with E-state index in [4.69, 9.17) is 0 Å². The maximum Gasteiger partial charge on any atom is 0.0373 e. The van der Waals surface area contributed by atoms with Gasteiger partial charge in [0.2, 0.25) is 0 Å². The monoisotopic (exact) mass is 304 g/mol. The van der Waals surface area contributed by atoms with Gasteiger partial charge in [0.1, 0.15) is 0 Å². The molecule has 2 bridgehead atoms. The number of rotatable bonds is 3. The van der Waals surface area contributed by atoms with Crippen LogP contribution in [-0.4, -0.2) is 22.0 Å². The van der Waals surface area contributed by atoms with Crippen molar-refractivity contribution < 1.29 is 0 Å². The molecule has 2 aromatic rings. The first-order chi connectivity index (χ1) is 11.3. The molecule has 4 rings (SSSR count). The summed E-state index contributed by atoms with van der Waals surface area (Å²) in [7, 11) is 0. The van der Waals surface area contributed by atoms with E-state index in [1.807, 2.05) is 6.20 Å². The van der Waals surface area contributed by atoms with E-state index in [9.17, 15) is 0 Å². The highest BCUT2D eigenvalue weighted by Gasteiger charge is 2.33. The molecule has 2 heteroatoms. The standard InChI is InChI=1S/C21H24N2/c1-16-10-11-18(14-22-16)19-12-20-8-5-9-21(13-19)23(20)15-17-6-3-2-4-7-17/h2-4,6-7,10-12,14,20-21H,5,8-9,13,15H2,1H3. The van der Waals surface area contributed by atoms with Crippen LogP contribution in [0, 0.1) is 6.92 Å². The molecule has 0 aliphatic carbocycles. The third-order valence-electron chi connectivity index (χ3n) is 5.27. The maximum atomic E-state index is 4.48. The molecule has 1 aromatic heterocycles. The van der Waals surface area contributed by atoms with Crippen LogP contribution in [0.5, 0.6) is 0 Å². The SMILES string of the molecule is Cc1ccc(C2=CC3CCCC(C2)N3Cc2ccccc2)cn1. The van der Waals surface area contributed by atoms with Crippen molar-refractivity contribution in [1.82, 2.24) is 9.88 Å². The van der Waals surface area contributed by atoms with Crippen LogP contribution in [0.2, 0.25) is 0 Å². The number of fused-ring (bicyclic) bond motifs is 2. The molecular weight excluding hydrogens is 280 g/mol. The lowest BCUT2D eigenvalue weighted by atomic mass is 9.83. The molecule has 0 radical (unpaired) electrons. The number of nitrogens with zero attached hydrogens (tertiary/aromatic N) is 2. The summed E-state index contributed by atoms with van der Waals surface area (Å²) < 4.78 is 0. The Morgan fingerprint density at radius 2 is 1.96 bits per heavy atom. The van der Waals surface area contributed by atoms with Crippen LogP contribution in [0.1, 0.15) is 42.5 Å². The second-order valence-electron chi connectivity index (χ2n) is 6.89. The normalized spacial score (nSPS) is 24.3. The summed E-state index contributed by atoms with van der Waals surface area (Å²) >= 11 is 0. The molecule has 118 valence electrons. The average Bonchev–Trinajstić information content (AvgIpc) is 2.56. The Morgan fingerprint density at radius 1 is 1.09 bits per heavy atom. The van der Waals surface area contributed by atoms with Crippen LogP contribution in [0.15, 0.2) is 54.7 Å². The molecule has 2 unspecified atom stereocenters. The summed E-state index contributed by atoms with van der Waals surface area (Å²) in [5.74, 6) is 0. The van der Waals surface area contributed by atoms with Gasteiger partial charge in [0, 0.05) is 30.5 Å². The lowest BCUT2D eigenvalue weighted by Crippen LogP contribution is -2.47. The fraction of sp³-hybridized carbons (Fsp3) is 0.381. The first-order valence-corrected chi connectivity index (χ1v) is 8.73. The predicted molar refractivity (Wildman–Crippen MR) is 95.0 cm³/mol. The van der Waals surface area contributed by atoms with Crippen molar-refractivity contribution in [3.63, 3.8) is 0 Å². The first-order valence-electron chi connectivity index (χ1n) is 8.73. The third-order valence-corrected chi connectivity index (χ3v) is 5.27. The molecule has 2 aliphatic heterocycles. The molecule has 2 nitrogen and oxygen atoms in total. The van der Waals surface area contributed by atoms with Gasteiger partial charge in [-0.1, -0.05) is 48.9 Å². The Morgan fingerprint density at radius 3 is 2.70 bits per heavy atom. The van der Waals surface area contributed by atoms with Crippen molar-refractivity contribution in [1.29, 1.82) is 0 Å². The third kappa shape index (κ3) is 3.09. The van der Waals surface area contributed by atoms with E-state index in [-0.39, 0.29) is 0 Å². The predicted octanol–water partition coefficient (Wildman–Crippen LogP) is 4.60. The Balaban J connectivity index is 1.59. The zero-order valence-electron chi connectivity index (χ0n) is 13.8. The van der Waals surface area contributed by atoms with Crippen LogP contribution in [-0.2, 0) is 6.54 Å². The topological polar surface area (TPSA) is 16.1 Å². The zero-order chi connectivity index (χ0) is 15.6. The van der Waals surface area contributed by atoms with Crippen molar-refractivity contribution in [2.24, 2.45) is 0 Å². The van der Waals surface area contributed by atoms with Crippen LogP contribution in [0.4, 0.5) is 0 Å².